The molecule has 0 fully saturated rings. The Morgan fingerprint density at radius 2 is 1.33 bits per heavy atom. The summed E-state index contributed by atoms with van der Waals surface area (Å²) >= 11 is 2.66. The lowest BCUT2D eigenvalue weighted by Crippen LogP contribution is -2.55. The number of ether oxygens (including phenoxy) is 12. The summed E-state index contributed by atoms with van der Waals surface area (Å²) in [6.45, 7) is 16.2. The Morgan fingerprint density at radius 1 is 0.690 bits per heavy atom. The largest absolute Gasteiger partial charge is 0.491 e. The number of para-hydroxylation sites is 1. The van der Waals surface area contributed by atoms with Gasteiger partial charge in [-0.05, 0) is 137 Å². The molecule has 0 aliphatic heterocycles. The SMILES string of the molecule is Cc1cc(N(CCCC(O)C[N+](C)(C)C)c2nc(C(=O)O)c(CCCOc3ccc(C#CCN(C)C(=O)OCc4ccc(NC(=O)C(CCCNC(N)=O)NC(=O)C(NC(=O)OC(C)(C)C)C(C)C)cc4CN(C)C(=O)OCc4cn(CCOCCOCCOCCOCCOCCOCCOCCOCCC(=O)O)nn4)cc3F)s2)nnc1Nc1nc2ccccc2s1. The van der Waals surface area contributed by atoms with Crippen molar-refractivity contribution in [3.63, 3.8) is 0 Å². The van der Waals surface area contributed by atoms with Crippen molar-refractivity contribution in [1.82, 2.24) is 60.9 Å². The minimum atomic E-state index is -1.23. The Labute approximate surface area is 757 Å². The van der Waals surface area contributed by atoms with Gasteiger partial charge < -0.3 is 124 Å². The highest BCUT2D eigenvalue weighted by Crippen LogP contribution is 2.35. The fourth-order valence-corrected chi connectivity index (χ4v) is 14.0. The number of benzene rings is 3. The molecule has 7 rings (SSSR count). The van der Waals surface area contributed by atoms with Gasteiger partial charge in [-0.25, -0.2) is 43.0 Å². The number of carboxylic acid groups (broad SMARTS) is 2. The van der Waals surface area contributed by atoms with Crippen molar-refractivity contribution in [2.45, 2.75) is 137 Å². The van der Waals surface area contributed by atoms with Crippen LogP contribution in [0.25, 0.3) is 10.2 Å². The number of carboxylic acids is 2. The zero-order valence-corrected chi connectivity index (χ0v) is 76.7. The molecule has 0 aliphatic rings. The van der Waals surface area contributed by atoms with Gasteiger partial charge in [0.15, 0.2) is 39.2 Å². The van der Waals surface area contributed by atoms with Crippen LogP contribution in [0.4, 0.5) is 51.2 Å². The van der Waals surface area contributed by atoms with Crippen molar-refractivity contribution in [3.8, 4) is 17.6 Å². The second kappa shape index (κ2) is 55.7. The summed E-state index contributed by atoms with van der Waals surface area (Å²) in [4.78, 5) is 117. The van der Waals surface area contributed by atoms with E-state index in [1.54, 1.807) is 63.9 Å². The molecular formula is C86H123FN17O23S2+. The molecule has 3 unspecified atom stereocenters. The number of amides is 7. The monoisotopic (exact) mass is 1840 g/mol. The number of urea groups is 1. The van der Waals surface area contributed by atoms with Gasteiger partial charge in [0.2, 0.25) is 11.8 Å². The van der Waals surface area contributed by atoms with Crippen LogP contribution >= 0.6 is 22.7 Å². The van der Waals surface area contributed by atoms with E-state index in [9.17, 15) is 48.6 Å². The number of nitrogens with zero attached hydrogens (tertiary/aromatic N) is 11. The third kappa shape index (κ3) is 40.6. The maximum absolute atomic E-state index is 15.7. The predicted molar refractivity (Wildman–Crippen MR) is 476 cm³/mol. The van der Waals surface area contributed by atoms with Crippen LogP contribution in [0.15, 0.2) is 72.9 Å². The Morgan fingerprint density at radius 3 is 1.93 bits per heavy atom. The summed E-state index contributed by atoms with van der Waals surface area (Å²) in [6, 6.07) is 15.2. The number of aliphatic hydroxyl groups excluding tert-OH is 1. The molecule has 7 aromatic rings. The Balaban J connectivity index is 0.901. The standard InChI is InChI=1S/C86H122FN17O23S2/c1-58(2)74(94-83(113)127-86(4,5)6)78(109)91-68(21-14-29-89-80(88)112)77(108)90-63-26-25-61(62(52-63)53-101(8)85(115)126-57-64-54-102(99-96-64)32-35-117-37-39-119-41-43-121-45-47-123-49-48-122-46-44-120-42-40-118-38-36-116-34-28-73(106)107)56-125-84(114)100(7)30-15-18-60-24-27-69(66(87)51-60)124-33-17-23-71-75(79(110)111)93-82(129-71)103(31-16-19-65(105)55-104(9,10)11)72-50-59(3)76(98-97-72)95-81-92-67-20-12-13-22-70(67)128-81/h12-13,20,22,24-27,50-52,54,58,65,68,74,105H,14,16-17,19,21,23,28-49,53,55-57H2,1-11H3,(H8-,88,89,90,91,92,94,95,98,106,107,108,109,110,111,112,113)/p+1. The number of primary amides is 1. The first-order chi connectivity index (χ1) is 61.7. The molecule has 43 heteroatoms. The molecule has 4 heterocycles. The van der Waals surface area contributed by atoms with Crippen LogP contribution in [0.3, 0.4) is 0 Å². The van der Waals surface area contributed by atoms with Crippen LogP contribution in [-0.4, -0.2) is 310 Å². The summed E-state index contributed by atoms with van der Waals surface area (Å²) in [6.07, 6.45) is 0.200. The number of hydrogen-bond acceptors (Lipinski definition) is 31. The molecule has 4 aromatic heterocycles. The lowest BCUT2D eigenvalue weighted by molar-refractivity contribution is -0.873. The van der Waals surface area contributed by atoms with E-state index in [0.29, 0.717) is 173 Å². The zero-order valence-electron chi connectivity index (χ0n) is 75.1. The number of halogens is 1. The number of aromatic carboxylic acids is 1. The first-order valence-corrected chi connectivity index (χ1v) is 43.9. The number of carbonyl (C=O) groups excluding carboxylic acids is 6. The summed E-state index contributed by atoms with van der Waals surface area (Å²) < 4.78 is 85.3. The number of nitrogens with two attached hydrogens (primary N) is 1. The van der Waals surface area contributed by atoms with Gasteiger partial charge in [-0.3, -0.25) is 14.4 Å². The minimum absolute atomic E-state index is 0.00116. The number of rotatable bonds is 60. The van der Waals surface area contributed by atoms with Crippen molar-refractivity contribution < 1.29 is 119 Å². The number of alkyl carbamates (subject to hydrolysis) is 1. The molecular weight excluding hydrogens is 1720 g/mol. The summed E-state index contributed by atoms with van der Waals surface area (Å²) in [5, 5.41) is 62.1. The van der Waals surface area contributed by atoms with Gasteiger partial charge >= 0.3 is 36.2 Å². The molecule has 3 atom stereocenters. The van der Waals surface area contributed by atoms with Crippen LogP contribution in [0.5, 0.6) is 5.75 Å². The normalized spacial score (nSPS) is 12.2. The number of anilines is 5. The number of nitrogens with one attached hydrogen (secondary N) is 5. The highest BCUT2D eigenvalue weighted by Gasteiger charge is 2.32. The summed E-state index contributed by atoms with van der Waals surface area (Å²) in [5.41, 5.74) is 7.45. The van der Waals surface area contributed by atoms with E-state index >= 15 is 4.39 Å². The van der Waals surface area contributed by atoms with E-state index in [4.69, 9.17) is 67.7 Å². The highest BCUT2D eigenvalue weighted by atomic mass is 32.1. The van der Waals surface area contributed by atoms with Crippen LogP contribution in [0.1, 0.15) is 116 Å². The first-order valence-electron chi connectivity index (χ1n) is 42.3. The molecule has 40 nitrogen and oxygen atoms in total. The molecule has 0 radical (unpaired) electrons. The minimum Gasteiger partial charge on any atom is -0.491 e. The van der Waals surface area contributed by atoms with Crippen molar-refractivity contribution in [2.24, 2.45) is 11.7 Å². The number of aryl methyl sites for hydroxylation is 2. The first kappa shape index (κ1) is 105. The van der Waals surface area contributed by atoms with Crippen LogP contribution in [0.2, 0.25) is 0 Å². The molecule has 3 aromatic carbocycles. The molecule has 0 saturated heterocycles. The number of quaternary nitrogens is 1. The van der Waals surface area contributed by atoms with Gasteiger partial charge in [0, 0.05) is 49.9 Å². The molecule has 0 aliphatic carbocycles. The van der Waals surface area contributed by atoms with Crippen molar-refractivity contribution in [2.75, 3.05) is 189 Å². The molecule has 0 bridgehead atoms. The number of fused-ring (bicyclic) bond motifs is 1. The van der Waals surface area contributed by atoms with Gasteiger partial charge in [-0.2, -0.15) is 0 Å². The Kier molecular flexibility index (Phi) is 45.3. The quantitative estimate of drug-likeness (QED) is 0.00747. The number of aromatic nitrogens is 7. The predicted octanol–water partition coefficient (Wildman–Crippen LogP) is 8.44. The maximum Gasteiger partial charge on any atom is 0.410 e. The number of carbonyl (C=O) groups is 8. The summed E-state index contributed by atoms with van der Waals surface area (Å²) in [5.74, 6) is 1.88. The van der Waals surface area contributed by atoms with E-state index in [0.717, 1.165) is 15.8 Å². The maximum atomic E-state index is 15.7. The molecule has 0 saturated carbocycles. The average Bonchev–Trinajstić information content (AvgIpc) is 1.76. The number of aliphatic hydroxyl groups is 1. The Bertz CT molecular complexity index is 4720. The fraction of sp³-hybridized carbons (Fsp3) is 0.558. The Hall–Kier alpha value is -11.1. The van der Waals surface area contributed by atoms with E-state index in [1.165, 1.54) is 69.4 Å². The van der Waals surface area contributed by atoms with Crippen LogP contribution in [0, 0.1) is 30.5 Å². The summed E-state index contributed by atoms with van der Waals surface area (Å²) in [7, 11) is 8.91. The second-order valence-electron chi connectivity index (χ2n) is 31.9. The van der Waals surface area contributed by atoms with E-state index in [-0.39, 0.29) is 107 Å². The van der Waals surface area contributed by atoms with Gasteiger partial charge in [0.05, 0.1) is 169 Å². The lowest BCUT2D eigenvalue weighted by atomic mass is 10.0. The zero-order chi connectivity index (χ0) is 93.7. The molecule has 0 spiro atoms. The van der Waals surface area contributed by atoms with Gasteiger partial charge in [-0.1, -0.05) is 60.4 Å². The third-order valence-electron chi connectivity index (χ3n) is 18.4. The molecule has 129 heavy (non-hydrogen) atoms. The number of thiazole rings is 2. The van der Waals surface area contributed by atoms with Gasteiger partial charge in [0.25, 0.3) is 0 Å². The molecule has 7 amide bonds. The lowest BCUT2D eigenvalue weighted by Gasteiger charge is -2.27. The topological polar surface area (TPSA) is 486 Å². The van der Waals surface area contributed by atoms with Gasteiger partial charge in [0.1, 0.15) is 49.2 Å². The fourth-order valence-electron chi connectivity index (χ4n) is 12.0. The van der Waals surface area contributed by atoms with E-state index < -0.39 is 83.6 Å². The van der Waals surface area contributed by atoms with Crippen molar-refractivity contribution in [3.05, 3.63) is 117 Å². The average molecular weight is 1850 g/mol. The smallest absolute Gasteiger partial charge is 0.410 e. The third-order valence-corrected chi connectivity index (χ3v) is 20.5. The van der Waals surface area contributed by atoms with Crippen molar-refractivity contribution >= 4 is 109 Å². The molecule has 708 valence electrons. The van der Waals surface area contributed by atoms with Crippen molar-refractivity contribution in [1.29, 1.82) is 0 Å². The van der Waals surface area contributed by atoms with Gasteiger partial charge in [-0.15, -0.1) is 26.6 Å². The van der Waals surface area contributed by atoms with E-state index in [2.05, 4.69) is 68.9 Å². The van der Waals surface area contributed by atoms with E-state index in [1.807, 2.05) is 58.4 Å². The van der Waals surface area contributed by atoms with Crippen LogP contribution in [-0.2, 0) is 99.2 Å². The highest BCUT2D eigenvalue weighted by molar-refractivity contribution is 7.22. The number of aliphatic carboxylic acids is 1. The number of hydrogen-bond donors (Lipinski definition) is 9. The molecule has 10 N–H and O–H groups in total. The second-order valence-corrected chi connectivity index (χ2v) is 34.0. The number of likely N-dealkylation sites (N-methyl/N-ethyl adjacent to an activating group) is 1. The van der Waals surface area contributed by atoms with Crippen LogP contribution < -0.4 is 42.0 Å².